The van der Waals surface area contributed by atoms with E-state index < -0.39 is 11.9 Å². The summed E-state index contributed by atoms with van der Waals surface area (Å²) >= 11 is 0.149. The van der Waals surface area contributed by atoms with Crippen molar-refractivity contribution in [3.05, 3.63) is 24.3 Å². The van der Waals surface area contributed by atoms with Crippen molar-refractivity contribution < 1.29 is 19.4 Å². The molecule has 0 atom stereocenters. The molecule has 0 saturated heterocycles. The van der Waals surface area contributed by atoms with Crippen molar-refractivity contribution in [2.24, 2.45) is 0 Å². The van der Waals surface area contributed by atoms with Gasteiger partial charge in [-0.25, -0.2) is 9.59 Å². The fourth-order valence-electron chi connectivity index (χ4n) is 3.44. The van der Waals surface area contributed by atoms with Crippen LogP contribution in [0, 0.1) is 0 Å². The molecule has 0 aliphatic heterocycles. The van der Waals surface area contributed by atoms with E-state index >= 15 is 0 Å². The Morgan fingerprint density at radius 1 is 0.629 bits per heavy atom. The van der Waals surface area contributed by atoms with E-state index in [1.165, 1.54) is 96.3 Å². The third-order valence-electron chi connectivity index (χ3n) is 5.68. The molecule has 0 heterocycles. The van der Waals surface area contributed by atoms with E-state index in [4.69, 9.17) is 9.84 Å². The monoisotopic (exact) mass is 600 g/mol. The van der Waals surface area contributed by atoms with Crippen LogP contribution in [-0.4, -0.2) is 44.8 Å². The van der Waals surface area contributed by atoms with Crippen LogP contribution < -0.4 is 0 Å². The Hall–Kier alpha value is -0.781. The predicted octanol–water partition coefficient (Wildman–Crippen LogP) is 9.34. The molecule has 0 spiro atoms. The first kappa shape index (κ1) is 36.4. The zero-order valence-corrected chi connectivity index (χ0v) is 26.2. The van der Waals surface area contributed by atoms with Gasteiger partial charge in [0.25, 0.3) is 0 Å². The quantitative estimate of drug-likeness (QED) is 0.0395. The van der Waals surface area contributed by atoms with E-state index in [0.29, 0.717) is 6.61 Å². The van der Waals surface area contributed by atoms with Crippen molar-refractivity contribution in [1.29, 1.82) is 0 Å². The zero-order valence-electron chi connectivity index (χ0n) is 23.3. The summed E-state index contributed by atoms with van der Waals surface area (Å²) in [6.07, 6.45) is 29.6. The van der Waals surface area contributed by atoms with Gasteiger partial charge in [-0.05, 0) is 32.1 Å². The van der Waals surface area contributed by atoms with Gasteiger partial charge in [-0.2, -0.15) is 0 Å². The molecule has 0 fully saturated rings. The molecular weight excluding hydrogens is 543 g/mol. The van der Waals surface area contributed by atoms with E-state index in [0.717, 1.165) is 31.4 Å². The maximum absolute atomic E-state index is 11.1. The molecule has 4 nitrogen and oxygen atoms in total. The molecule has 0 aliphatic carbocycles. The van der Waals surface area contributed by atoms with Gasteiger partial charge in [0, 0.05) is 12.2 Å². The third kappa shape index (κ3) is 37.9. The first-order chi connectivity index (χ1) is 17.1. The summed E-state index contributed by atoms with van der Waals surface area (Å²) in [6, 6.07) is 0. The van der Waals surface area contributed by atoms with Crippen LogP contribution in [0.15, 0.2) is 24.3 Å². The second kappa shape index (κ2) is 33.2. The molecule has 35 heavy (non-hydrogen) atoms. The van der Waals surface area contributed by atoms with Crippen LogP contribution in [0.4, 0.5) is 0 Å². The average molecular weight is 599 g/mol. The molecule has 0 bridgehead atoms. The summed E-state index contributed by atoms with van der Waals surface area (Å²) < 4.78 is 8.16. The number of hydrogen-bond acceptors (Lipinski definition) is 3. The van der Waals surface area contributed by atoms with Gasteiger partial charge in [-0.1, -0.05) is 76.9 Å². The van der Waals surface area contributed by atoms with Crippen molar-refractivity contribution in [1.82, 2.24) is 0 Å². The van der Waals surface area contributed by atoms with Crippen LogP contribution in [0.2, 0.25) is 8.87 Å². The minimum atomic E-state index is -1.14. The van der Waals surface area contributed by atoms with Gasteiger partial charge in [0.2, 0.25) is 0 Å². The summed E-state index contributed by atoms with van der Waals surface area (Å²) in [7, 11) is 0. The topological polar surface area (TPSA) is 63.6 Å². The summed E-state index contributed by atoms with van der Waals surface area (Å²) in [5, 5.41) is 8.38. The Balaban J connectivity index is 0. The van der Waals surface area contributed by atoms with Gasteiger partial charge in [0.1, 0.15) is 0 Å². The maximum atomic E-state index is 11.1. The fourth-order valence-corrected chi connectivity index (χ4v) is 7.60. The number of allylic oxidation sites excluding steroid dienone is 2. The van der Waals surface area contributed by atoms with Crippen molar-refractivity contribution in [3.63, 3.8) is 0 Å². The van der Waals surface area contributed by atoms with Crippen LogP contribution in [0.1, 0.15) is 136 Å². The second-order valence-electron chi connectivity index (χ2n) is 9.23. The number of carboxylic acid groups (broad SMARTS) is 1. The molecule has 204 valence electrons. The van der Waals surface area contributed by atoms with Gasteiger partial charge in [-0.3, -0.25) is 0 Å². The van der Waals surface area contributed by atoms with Crippen molar-refractivity contribution in [3.8, 4) is 0 Å². The van der Waals surface area contributed by atoms with Gasteiger partial charge >= 0.3 is 81.5 Å². The first-order valence-electron chi connectivity index (χ1n) is 14.5. The molecule has 0 amide bonds. The Morgan fingerprint density at radius 3 is 1.57 bits per heavy atom. The van der Waals surface area contributed by atoms with Crippen molar-refractivity contribution in [2.75, 3.05) is 6.61 Å². The molecule has 2 radical (unpaired) electrons. The Morgan fingerprint density at radius 2 is 1.09 bits per heavy atom. The molecule has 0 unspecified atom stereocenters. The molecule has 1 N–H and O–H groups in total. The molecule has 0 aromatic heterocycles. The average Bonchev–Trinajstić information content (AvgIpc) is 2.85. The number of hydrogen-bond donors (Lipinski definition) is 1. The molecule has 0 aromatic carbocycles. The third-order valence-corrected chi connectivity index (χ3v) is 9.71. The van der Waals surface area contributed by atoms with Gasteiger partial charge in [0.15, 0.2) is 0 Å². The normalized spacial score (nSPS) is 11.1. The molecule has 5 heteroatoms. The van der Waals surface area contributed by atoms with Crippen molar-refractivity contribution in [2.45, 2.75) is 145 Å². The standard InChI is InChI=1S/C22H38O4.2C4H9.Sn/c1-2-3-4-5-6-7-8-9-10-11-12-13-14-15-16-17-20-26-22(25)19-18-21(23)24;2*1-3-4-2;/h9-10,18-19H,2-8,11-17,20H2,1H3,(H,23,24);2*1,3-4H2,2H3;/b10-9-,19-18-;;;. The van der Waals surface area contributed by atoms with Crippen LogP contribution in [0.5, 0.6) is 0 Å². The Bertz CT molecular complexity index is 497. The second-order valence-corrected chi connectivity index (χ2v) is 13.5. The summed E-state index contributed by atoms with van der Waals surface area (Å²) in [6.45, 7) is 7.20. The predicted molar refractivity (Wildman–Crippen MR) is 152 cm³/mol. The molecule has 0 aromatic rings. The molecule has 0 saturated carbocycles. The molecule has 0 aliphatic rings. The van der Waals surface area contributed by atoms with Gasteiger partial charge in [-0.15, -0.1) is 0 Å². The van der Waals surface area contributed by atoms with Gasteiger partial charge in [0.05, 0.1) is 6.61 Å². The van der Waals surface area contributed by atoms with E-state index in [9.17, 15) is 9.59 Å². The number of carbonyl (C=O) groups is 2. The fraction of sp³-hybridized carbons (Fsp3) is 0.800. The van der Waals surface area contributed by atoms with Crippen LogP contribution in [0.3, 0.4) is 0 Å². The molecule has 0 rings (SSSR count). The van der Waals surface area contributed by atoms with Crippen LogP contribution in [0.25, 0.3) is 0 Å². The summed E-state index contributed by atoms with van der Waals surface area (Å²) in [5.41, 5.74) is 0. The van der Waals surface area contributed by atoms with Crippen molar-refractivity contribution >= 4 is 33.1 Å². The number of carboxylic acids is 1. The van der Waals surface area contributed by atoms with E-state index in [2.05, 4.69) is 32.9 Å². The van der Waals surface area contributed by atoms with Gasteiger partial charge < -0.3 is 9.84 Å². The number of carbonyl (C=O) groups excluding carboxylic acids is 1. The summed E-state index contributed by atoms with van der Waals surface area (Å²) in [5.74, 6) is -1.72. The van der Waals surface area contributed by atoms with E-state index in [1.54, 1.807) is 8.87 Å². The number of rotatable bonds is 24. The Kier molecular flexibility index (Phi) is 34.5. The number of ether oxygens (including phenoxy) is 1. The summed E-state index contributed by atoms with van der Waals surface area (Å²) in [4.78, 5) is 21.4. The minimum absolute atomic E-state index is 0.149. The van der Waals surface area contributed by atoms with E-state index in [1.807, 2.05) is 0 Å². The zero-order chi connectivity index (χ0) is 26.2. The van der Waals surface area contributed by atoms with Crippen LogP contribution in [-0.2, 0) is 14.3 Å². The number of unbranched alkanes of at least 4 members (excludes halogenated alkanes) is 14. The Labute approximate surface area is 228 Å². The number of esters is 1. The SMILES string of the molecule is CCCCCCCC/C=C\CCCCCCCCOC(=O)/C=C\C(=O)O.CCC[CH2][Sn][CH2]CCC. The van der Waals surface area contributed by atoms with E-state index in [-0.39, 0.29) is 21.1 Å². The first-order valence-corrected chi connectivity index (χ1v) is 18.5. The van der Waals surface area contributed by atoms with Crippen LogP contribution >= 0.6 is 0 Å². The number of aliphatic carboxylic acids is 1. The molecular formula is C30H56O4Sn.